The fourth-order valence-electron chi connectivity index (χ4n) is 9.48. The highest BCUT2D eigenvalue weighted by Gasteiger charge is 2.28. The van der Waals surface area contributed by atoms with Gasteiger partial charge in [-0.2, -0.15) is 13.5 Å². The van der Waals surface area contributed by atoms with Gasteiger partial charge >= 0.3 is 0 Å². The topological polar surface area (TPSA) is 395 Å². The van der Waals surface area contributed by atoms with Crippen LogP contribution in [-0.4, -0.2) is 217 Å². The van der Waals surface area contributed by atoms with E-state index in [0.717, 1.165) is 47.3 Å². The van der Waals surface area contributed by atoms with Gasteiger partial charge in [0.15, 0.2) is 0 Å². The van der Waals surface area contributed by atoms with Gasteiger partial charge in [0.1, 0.15) is 30.5 Å². The molecule has 1 unspecified atom stereocenters. The fraction of sp³-hybridized carbons (Fsp3) is 0.641. The van der Waals surface area contributed by atoms with Crippen LogP contribution in [0.25, 0.3) is 0 Å². The maximum absolute atomic E-state index is 13.4. The van der Waals surface area contributed by atoms with Crippen molar-refractivity contribution in [3.8, 4) is 11.8 Å². The van der Waals surface area contributed by atoms with Gasteiger partial charge in [-0.3, -0.25) is 38.1 Å². The quantitative estimate of drug-likeness (QED) is 0.0199. The van der Waals surface area contributed by atoms with Crippen molar-refractivity contribution in [2.45, 2.75) is 116 Å². The van der Waals surface area contributed by atoms with Crippen LogP contribution in [0.3, 0.4) is 0 Å². The largest absolute Gasteiger partial charge is 0.384 e. The lowest BCUT2D eigenvalue weighted by Gasteiger charge is -2.26. The van der Waals surface area contributed by atoms with E-state index >= 15 is 0 Å². The van der Waals surface area contributed by atoms with Crippen LogP contribution < -0.4 is 42.5 Å². The van der Waals surface area contributed by atoms with Crippen molar-refractivity contribution in [2.24, 2.45) is 16.8 Å². The number of primary amides is 1. The number of fused-ring (bicyclic) bond motifs is 2. The van der Waals surface area contributed by atoms with Crippen LogP contribution in [0.1, 0.15) is 108 Å². The molecule has 0 spiro atoms. The molecule has 7 amide bonds. The molecule has 94 heavy (non-hydrogen) atoms. The molecule has 1 aliphatic carbocycles. The number of nitrogens with zero attached hydrogens (tertiary/aromatic N) is 2. The average Bonchev–Trinajstić information content (AvgIpc) is 0.819. The Morgan fingerprint density at radius 2 is 1.17 bits per heavy atom. The molecule has 30 heteroatoms. The van der Waals surface area contributed by atoms with Crippen LogP contribution in [0.2, 0.25) is 0 Å². The standard InChI is InChI=1S/C64H98N10O19S/c1-48(2)61(63(65)80)72-64(81)53(71-58(77)24-30-86-34-38-90-42-44-92-40-36-88-32-27-69-56(75)21-22-60(79)74-46-51-14-7-6-12-49(51)19-20-50-13-8-9-17-54(50)74)16-10-11-25-68-59(78)47-93-55-18-5-3-4-15-52(62(55)73-66)67-26-31-87-35-39-91-43-41-89-37-33-85-29-23-57(76)70-28-45-94(82,83)84/h6-9,12-14,17,48,53,55,61,66-67H,3-5,10-11,15-16,18,21-47H2,1-2H3,(H2,65,80)(H,68,78)(H,69,75)(H,70,76)(H,71,77)(H,72,81)(H,82,83,84)/b62-52-,73-66?/t53-,55?,61+/m1/s1. The molecule has 524 valence electrons. The summed E-state index contributed by atoms with van der Waals surface area (Å²) >= 11 is 0. The monoisotopic (exact) mass is 1340 g/mol. The third-order valence-electron chi connectivity index (χ3n) is 14.5. The zero-order chi connectivity index (χ0) is 68.0. The molecular formula is C64H98N10O19S. The van der Waals surface area contributed by atoms with E-state index in [1.54, 1.807) is 18.7 Å². The first-order chi connectivity index (χ1) is 45.4. The van der Waals surface area contributed by atoms with Gasteiger partial charge in [0, 0.05) is 68.7 Å². The molecule has 0 radical (unpaired) electrons. The highest BCUT2D eigenvalue weighted by atomic mass is 32.2. The summed E-state index contributed by atoms with van der Waals surface area (Å²) in [6.45, 7) is 8.80. The van der Waals surface area contributed by atoms with Crippen molar-refractivity contribution in [3.63, 3.8) is 0 Å². The highest BCUT2D eigenvalue weighted by molar-refractivity contribution is 7.85. The molecule has 2 aromatic carbocycles. The van der Waals surface area contributed by atoms with Gasteiger partial charge in [-0.25, -0.2) is 5.53 Å². The minimum Gasteiger partial charge on any atom is -0.384 e. The van der Waals surface area contributed by atoms with E-state index in [9.17, 15) is 42.0 Å². The summed E-state index contributed by atoms with van der Waals surface area (Å²) in [4.78, 5) is 90.9. The van der Waals surface area contributed by atoms with Crippen molar-refractivity contribution in [1.82, 2.24) is 31.9 Å². The van der Waals surface area contributed by atoms with Gasteiger partial charge < -0.3 is 85.2 Å². The third kappa shape index (κ3) is 34.9. The SMILES string of the molecule is CC(C)[C@H](NC(=O)[C@@H](CCCCNC(=O)COC1CCCCC/C(NCCOCCOCCOCCOCCC(=O)NCCS(=O)(=O)O)=C\1N=N)NC(=O)CCOCCOCCOCCOCCNC(=O)CCC(=O)N1Cc2ccccc2C#Cc2ccccc21)C(N)=O. The molecule has 2 aromatic rings. The van der Waals surface area contributed by atoms with Crippen molar-refractivity contribution in [1.29, 1.82) is 5.53 Å². The number of unbranched alkanes of at least 4 members (excludes halogenated alkanes) is 1. The molecular weight excluding hydrogens is 1240 g/mol. The van der Waals surface area contributed by atoms with Crippen LogP contribution in [-0.2, 0) is 92.9 Å². The number of ether oxygens (including phenoxy) is 9. The van der Waals surface area contributed by atoms with E-state index in [0.29, 0.717) is 111 Å². The number of hydrogen-bond acceptors (Lipinski definition) is 21. The summed E-state index contributed by atoms with van der Waals surface area (Å²) in [6, 6.07) is 13.3. The second-order valence-corrected chi connectivity index (χ2v) is 23.8. The second kappa shape index (κ2) is 47.8. The lowest BCUT2D eigenvalue weighted by atomic mass is 9.99. The van der Waals surface area contributed by atoms with E-state index in [4.69, 9.17) is 58.4 Å². The lowest BCUT2D eigenvalue weighted by molar-refractivity contribution is -0.132. The molecule has 3 atom stereocenters. The van der Waals surface area contributed by atoms with Crippen LogP contribution in [0, 0.1) is 23.3 Å². The summed E-state index contributed by atoms with van der Waals surface area (Å²) in [7, 11) is -4.13. The van der Waals surface area contributed by atoms with Gasteiger partial charge in [0.05, 0.1) is 124 Å². The van der Waals surface area contributed by atoms with Crippen LogP contribution in [0.4, 0.5) is 5.69 Å². The first-order valence-electron chi connectivity index (χ1n) is 32.2. The maximum atomic E-state index is 13.4. The molecule has 0 saturated carbocycles. The van der Waals surface area contributed by atoms with Gasteiger partial charge in [-0.1, -0.05) is 68.9 Å². The summed E-state index contributed by atoms with van der Waals surface area (Å²) in [6.07, 6.45) is 4.47. The Hall–Kier alpha value is -7.02. The number of hydrogen-bond donors (Lipinski definition) is 9. The molecule has 0 aromatic heterocycles. The Morgan fingerprint density at radius 1 is 0.628 bits per heavy atom. The van der Waals surface area contributed by atoms with Crippen molar-refractivity contribution < 1.29 is 89.2 Å². The molecule has 0 saturated heterocycles. The van der Waals surface area contributed by atoms with Crippen LogP contribution in [0.15, 0.2) is 65.0 Å². The Morgan fingerprint density at radius 3 is 1.79 bits per heavy atom. The second-order valence-electron chi connectivity index (χ2n) is 22.2. The average molecular weight is 1340 g/mol. The number of rotatable bonds is 51. The lowest BCUT2D eigenvalue weighted by Crippen LogP contribution is -2.54. The maximum Gasteiger partial charge on any atom is 0.266 e. The van der Waals surface area contributed by atoms with Crippen molar-refractivity contribution in [3.05, 3.63) is 76.6 Å². The molecule has 10 N–H and O–H groups in total. The first-order valence-corrected chi connectivity index (χ1v) is 33.8. The van der Waals surface area contributed by atoms with Crippen LogP contribution >= 0.6 is 0 Å². The number of carbonyl (C=O) groups is 7. The van der Waals surface area contributed by atoms with E-state index in [-0.39, 0.29) is 122 Å². The van der Waals surface area contributed by atoms with E-state index in [2.05, 4.69) is 48.9 Å². The Kier molecular flexibility index (Phi) is 40.4. The highest BCUT2D eigenvalue weighted by Crippen LogP contribution is 2.27. The molecule has 1 aliphatic heterocycles. The Balaban J connectivity index is 1.01. The van der Waals surface area contributed by atoms with E-state index in [1.165, 1.54) is 0 Å². The summed E-state index contributed by atoms with van der Waals surface area (Å²) in [5.74, 6) is 2.63. The number of anilines is 1. The predicted octanol–water partition coefficient (Wildman–Crippen LogP) is 2.33. The number of nitrogens with two attached hydrogens (primary N) is 1. The van der Waals surface area contributed by atoms with Crippen molar-refractivity contribution in [2.75, 3.05) is 149 Å². The number of carbonyl (C=O) groups excluding carboxylic acids is 7. The minimum atomic E-state index is -4.13. The van der Waals surface area contributed by atoms with E-state index < -0.39 is 57.7 Å². The predicted molar refractivity (Wildman–Crippen MR) is 345 cm³/mol. The molecule has 1 heterocycles. The normalized spacial score (nSPS) is 15.3. The van der Waals surface area contributed by atoms with Gasteiger partial charge in [0.2, 0.25) is 41.4 Å². The third-order valence-corrected chi connectivity index (χ3v) is 15.2. The van der Waals surface area contributed by atoms with E-state index in [1.807, 2.05) is 48.5 Å². The fourth-order valence-corrected chi connectivity index (χ4v) is 9.84. The number of benzene rings is 2. The zero-order valence-corrected chi connectivity index (χ0v) is 55.2. The summed E-state index contributed by atoms with van der Waals surface area (Å²) < 4.78 is 80.4. The number of nitrogens with one attached hydrogen (secondary N) is 7. The molecule has 2 aliphatic rings. The first kappa shape index (κ1) is 79.4. The van der Waals surface area contributed by atoms with Gasteiger partial charge in [-0.15, -0.1) is 0 Å². The van der Waals surface area contributed by atoms with Gasteiger partial charge in [0.25, 0.3) is 10.1 Å². The van der Waals surface area contributed by atoms with Crippen LogP contribution in [0.5, 0.6) is 0 Å². The Bertz CT molecular complexity index is 2860. The number of allylic oxidation sites excluding steroid dienone is 1. The zero-order valence-electron chi connectivity index (χ0n) is 54.4. The summed E-state index contributed by atoms with van der Waals surface area (Å²) in [5.41, 5.74) is 18.0. The molecule has 0 bridgehead atoms. The molecule has 0 fully saturated rings. The smallest absolute Gasteiger partial charge is 0.266 e. The van der Waals surface area contributed by atoms with Gasteiger partial charge in [-0.05, 0) is 68.2 Å². The Labute approximate surface area is 551 Å². The minimum absolute atomic E-state index is 0.0324. The number of amides is 7. The van der Waals surface area contributed by atoms with Crippen molar-refractivity contribution >= 4 is 57.2 Å². The molecule has 4 rings (SSSR count). The number of para-hydroxylation sites is 1. The summed E-state index contributed by atoms with van der Waals surface area (Å²) in [5, 5.41) is 20.6. The molecule has 29 nitrogen and oxygen atoms in total.